The molecule has 0 saturated heterocycles. The van der Waals surface area contributed by atoms with Crippen molar-refractivity contribution in [2.45, 2.75) is 174 Å². The normalized spacial score (nSPS) is 17.9. The molecule has 0 aromatic heterocycles. The van der Waals surface area contributed by atoms with E-state index in [9.17, 15) is 38.4 Å². The van der Waals surface area contributed by atoms with Crippen molar-refractivity contribution < 1.29 is 95.2 Å². The lowest BCUT2D eigenvalue weighted by atomic mass is 9.78. The van der Waals surface area contributed by atoms with E-state index in [2.05, 4.69) is 47.1 Å². The van der Waals surface area contributed by atoms with Crippen molar-refractivity contribution in [2.75, 3.05) is 145 Å². The molecule has 10 rings (SSSR count). The number of aryl methyl sites for hydroxylation is 1. The molecule has 2 aliphatic carbocycles. The third kappa shape index (κ3) is 29.2. The Balaban J connectivity index is 0.525. The van der Waals surface area contributed by atoms with Gasteiger partial charge in [-0.3, -0.25) is 48.3 Å². The van der Waals surface area contributed by atoms with Crippen LogP contribution in [0.25, 0.3) is 11.1 Å². The van der Waals surface area contributed by atoms with E-state index in [1.54, 1.807) is 73.6 Å². The molecule has 652 valence electrons. The summed E-state index contributed by atoms with van der Waals surface area (Å²) >= 11 is 0. The van der Waals surface area contributed by atoms with Crippen LogP contribution >= 0.6 is 0 Å². The van der Waals surface area contributed by atoms with Gasteiger partial charge in [0.1, 0.15) is 11.8 Å². The Hall–Kier alpha value is -9.32. The van der Waals surface area contributed by atoms with Gasteiger partial charge in [-0.15, -0.1) is 0 Å². The van der Waals surface area contributed by atoms with Gasteiger partial charge in [0.25, 0.3) is 11.8 Å². The number of hydrogen-bond donors (Lipinski definition) is 3. The number of carbonyl (C=O) groups is 8. The van der Waals surface area contributed by atoms with E-state index < -0.39 is 17.9 Å². The van der Waals surface area contributed by atoms with Gasteiger partial charge in [-0.1, -0.05) is 95.7 Å². The van der Waals surface area contributed by atoms with Crippen LogP contribution < -0.4 is 34.9 Å². The molecule has 4 aliphatic heterocycles. The number of Topliss-reactive ketones (excluding diaryl/α,β-unsaturated/α-hetero) is 1. The van der Waals surface area contributed by atoms with Gasteiger partial charge in [0.05, 0.1) is 174 Å². The summed E-state index contributed by atoms with van der Waals surface area (Å²) in [5, 5.41) is 8.56. The average molecular weight is 1660 g/mol. The molecule has 120 heavy (non-hydrogen) atoms. The summed E-state index contributed by atoms with van der Waals surface area (Å²) in [4.78, 5) is 116. The molecule has 4 aromatic carbocycles. The Bertz CT molecular complexity index is 4130. The number of allylic oxidation sites excluding steroid dienone is 2. The molecule has 4 heterocycles. The minimum absolute atomic E-state index is 0.0221. The Morgan fingerprint density at radius 3 is 1.43 bits per heavy atom. The van der Waals surface area contributed by atoms with Crippen LogP contribution in [0, 0.1) is 29.6 Å². The van der Waals surface area contributed by atoms with E-state index in [0.29, 0.717) is 215 Å². The molecule has 0 unspecified atom stereocenters. The fourth-order valence-electron chi connectivity index (χ4n) is 15.6. The largest absolute Gasteiger partial charge is 0.493 e. The summed E-state index contributed by atoms with van der Waals surface area (Å²) in [6, 6.07) is 21.9. The number of unbranched alkanes of at least 4 members (excludes halogenated alkanes) is 2. The van der Waals surface area contributed by atoms with Crippen LogP contribution in [0.15, 0.2) is 107 Å². The number of nitrogens with zero attached hydrogens (tertiary/aromatic N) is 4. The topological polar surface area (TPSA) is 315 Å². The summed E-state index contributed by atoms with van der Waals surface area (Å²) in [5.74, 6) is 1.16. The molecule has 27 nitrogen and oxygen atoms in total. The van der Waals surface area contributed by atoms with Crippen molar-refractivity contribution in [1.82, 2.24) is 20.4 Å². The molecule has 1 saturated carbocycles. The van der Waals surface area contributed by atoms with Crippen molar-refractivity contribution in [3.8, 4) is 23.0 Å². The minimum atomic E-state index is -0.832. The molecule has 4 atom stereocenters. The van der Waals surface area contributed by atoms with E-state index in [4.69, 9.17) is 66.8 Å². The zero-order chi connectivity index (χ0) is 84.8. The Morgan fingerprint density at radius 2 is 0.958 bits per heavy atom. The number of rotatable bonds is 57. The number of amides is 5. The summed E-state index contributed by atoms with van der Waals surface area (Å²) in [6.45, 7) is 15.3. The van der Waals surface area contributed by atoms with E-state index >= 15 is 0 Å². The maximum Gasteiger partial charge on any atom is 0.260 e. The quantitative estimate of drug-likeness (QED) is 0.0273. The maximum absolute atomic E-state index is 14.2. The molecule has 0 radical (unpaired) electrons. The number of aliphatic imine (C=N–C) groups is 2. The van der Waals surface area contributed by atoms with Crippen LogP contribution in [0.4, 0.5) is 17.1 Å². The fraction of sp³-hybridized carbons (Fsp3) is 0.570. The standard InChI is InChI=1S/C93H125N7O20/c1-7-13-66-18-20-67(21-19-66)22-23-68-24-26-69(27-25-68)71-54-74-60-95-81-58-87(85(109-5)56-79(81)92(107)99(74)62-71)119-36-9-8-10-37-120-88-59-82-80(57-86(88)110-6)93(108)100-63-72(55-75(100)61-96-82)70-28-30-73(31-29-70)98-90(105)65(4)97-91(106)77(64(2)3)15-11-14-76(101)34-38-111-40-42-113-44-46-115-48-50-117-52-53-118-51-49-116-47-45-114-43-41-112-39-35-94-89(104)17-12-16-78-83(102)32-33-84(78)103/h24-33,56-67,74-75,77-78H,7-23,34-55H2,1-6H3,(H,94,104)(H,97,106)(H,98,105)/t65-,66?,67?,74-,75-,77-/m0/s1. The Kier molecular flexibility index (Phi) is 38.9. The number of nitrogens with one attached hydrogen (secondary N) is 3. The first-order valence-corrected chi connectivity index (χ1v) is 43.3. The summed E-state index contributed by atoms with van der Waals surface area (Å²) < 4.78 is 68.3. The number of methoxy groups -OCH3 is 2. The molecular weight excluding hydrogens is 1540 g/mol. The first-order chi connectivity index (χ1) is 58.5. The lowest BCUT2D eigenvalue weighted by Gasteiger charge is -2.28. The zero-order valence-electron chi connectivity index (χ0n) is 71.0. The van der Waals surface area contributed by atoms with Gasteiger partial charge >= 0.3 is 0 Å². The van der Waals surface area contributed by atoms with E-state index in [0.717, 1.165) is 59.8 Å². The van der Waals surface area contributed by atoms with Crippen LogP contribution in [-0.4, -0.2) is 227 Å². The number of carbonyl (C=O) groups excluding carboxylic acids is 8. The third-order valence-corrected chi connectivity index (χ3v) is 22.6. The fourth-order valence-corrected chi connectivity index (χ4v) is 15.6. The van der Waals surface area contributed by atoms with Crippen LogP contribution in [0.5, 0.6) is 23.0 Å². The summed E-state index contributed by atoms with van der Waals surface area (Å²) in [5.41, 5.74) is 7.85. The highest BCUT2D eigenvalue weighted by atomic mass is 16.6. The molecule has 6 aliphatic rings. The summed E-state index contributed by atoms with van der Waals surface area (Å²) in [7, 11) is 3.12. The molecule has 5 amide bonds. The number of ketones is 3. The predicted molar refractivity (Wildman–Crippen MR) is 458 cm³/mol. The first kappa shape index (κ1) is 93.0. The highest BCUT2D eigenvalue weighted by molar-refractivity contribution is 6.18. The first-order valence-electron chi connectivity index (χ1n) is 43.3. The van der Waals surface area contributed by atoms with Crippen LogP contribution in [0.3, 0.4) is 0 Å². The van der Waals surface area contributed by atoms with Gasteiger partial charge in [-0.25, -0.2) is 0 Å². The minimum Gasteiger partial charge on any atom is -0.493 e. The lowest BCUT2D eigenvalue weighted by Crippen LogP contribution is -2.45. The van der Waals surface area contributed by atoms with Gasteiger partial charge in [0.15, 0.2) is 34.6 Å². The van der Waals surface area contributed by atoms with E-state index in [1.165, 1.54) is 62.7 Å². The second-order valence-electron chi connectivity index (χ2n) is 31.7. The van der Waals surface area contributed by atoms with Gasteiger partial charge in [-0.05, 0) is 147 Å². The smallest absolute Gasteiger partial charge is 0.260 e. The molecule has 0 bridgehead atoms. The van der Waals surface area contributed by atoms with E-state index in [-0.39, 0.29) is 84.3 Å². The van der Waals surface area contributed by atoms with Crippen molar-refractivity contribution in [1.29, 1.82) is 0 Å². The average Bonchev–Trinajstić information content (AvgIpc) is 1.62. The number of benzene rings is 4. The molecule has 0 spiro atoms. The van der Waals surface area contributed by atoms with E-state index in [1.807, 2.05) is 44.6 Å². The van der Waals surface area contributed by atoms with Crippen LogP contribution in [-0.2, 0) is 73.1 Å². The summed E-state index contributed by atoms with van der Waals surface area (Å²) in [6.07, 6.45) is 26.8. The molecule has 1 fully saturated rings. The van der Waals surface area contributed by atoms with Gasteiger partial charge in [0.2, 0.25) is 17.7 Å². The van der Waals surface area contributed by atoms with Crippen molar-refractivity contribution in [3.05, 3.63) is 125 Å². The van der Waals surface area contributed by atoms with Crippen LogP contribution in [0.2, 0.25) is 0 Å². The Labute approximate surface area is 706 Å². The SMILES string of the molecule is CCCC1CCC(CCc2ccc(C3=CN4C(=O)c5cc(OC)c(OCCCCCOc6cc7c(cc6OC)C(=O)N6C=C(c8ccc(NC(=O)[C@H](C)NC(=O)[C@@H](CCCC(=O)CCOCCOCCOCCOCCOCCOCCOCCOCCNC(=O)CCCC9C(=O)C=CC9=O)C(C)C)cc8)C[C@H]6C=N7)cc5N=C[C@@H]4C3)cc2)CC1. The second-order valence-corrected chi connectivity index (χ2v) is 31.7. The highest BCUT2D eigenvalue weighted by Crippen LogP contribution is 2.43. The second kappa shape index (κ2) is 50.2. The van der Waals surface area contributed by atoms with Gasteiger partial charge in [0, 0.05) is 87.2 Å². The highest BCUT2D eigenvalue weighted by Gasteiger charge is 2.37. The molecule has 3 N–H and O–H groups in total. The number of anilines is 1. The van der Waals surface area contributed by atoms with Crippen LogP contribution in [0.1, 0.15) is 187 Å². The molecule has 4 aromatic rings. The number of fused-ring (bicyclic) bond motifs is 4. The zero-order valence-corrected chi connectivity index (χ0v) is 71.0. The predicted octanol–water partition coefficient (Wildman–Crippen LogP) is 13.4. The van der Waals surface area contributed by atoms with Crippen molar-refractivity contribution in [3.63, 3.8) is 0 Å². The third-order valence-electron chi connectivity index (χ3n) is 22.6. The monoisotopic (exact) mass is 1660 g/mol. The number of hydrogen-bond acceptors (Lipinski definition) is 22. The van der Waals surface area contributed by atoms with Gasteiger partial charge in [-0.2, -0.15) is 0 Å². The Morgan fingerprint density at radius 1 is 0.492 bits per heavy atom. The van der Waals surface area contributed by atoms with Gasteiger partial charge < -0.3 is 82.6 Å². The van der Waals surface area contributed by atoms with Crippen molar-refractivity contribution >= 4 is 87.5 Å². The molecular formula is C93H125N7O20. The van der Waals surface area contributed by atoms with Crippen molar-refractivity contribution in [2.24, 2.45) is 39.6 Å². The lowest BCUT2D eigenvalue weighted by molar-refractivity contribution is -0.130. The molecule has 27 heteroatoms. The maximum atomic E-state index is 14.2. The number of ether oxygens (including phenoxy) is 12.